The van der Waals surface area contributed by atoms with Crippen LogP contribution < -0.4 is 4.74 Å². The molecule has 0 unspecified atom stereocenters. The van der Waals surface area contributed by atoms with E-state index in [0.29, 0.717) is 0 Å². The molecule has 14 heteroatoms. The van der Waals surface area contributed by atoms with Gasteiger partial charge < -0.3 is 24.6 Å². The molecular formula is C15H14Cl2F3N3O6. The summed E-state index contributed by atoms with van der Waals surface area (Å²) in [5.41, 5.74) is -0.819. The highest BCUT2D eigenvalue weighted by Crippen LogP contribution is 2.42. The van der Waals surface area contributed by atoms with Gasteiger partial charge in [-0.05, 0) is 18.2 Å². The Morgan fingerprint density at radius 3 is 2.76 bits per heavy atom. The average molecular weight is 460 g/mol. The Labute approximate surface area is 172 Å². The Bertz CT molecular complexity index is 834. The molecule has 0 saturated heterocycles. The molecule has 29 heavy (non-hydrogen) atoms. The molecule has 0 amide bonds. The molecule has 1 aliphatic rings. The van der Waals surface area contributed by atoms with Crippen molar-refractivity contribution in [2.75, 3.05) is 27.0 Å². The van der Waals surface area contributed by atoms with E-state index in [1.54, 1.807) is 0 Å². The fourth-order valence-corrected chi connectivity index (χ4v) is 2.73. The third-order valence-electron chi connectivity index (χ3n) is 3.49. The Kier molecular flexibility index (Phi) is 7.38. The zero-order chi connectivity index (χ0) is 21.8. The molecule has 160 valence electrons. The van der Waals surface area contributed by atoms with Crippen LogP contribution in [0.2, 0.25) is 10.0 Å². The number of likely N-dealkylation sites (N-methyl/N-ethyl adjacent to an activating group) is 1. The third-order valence-corrected chi connectivity index (χ3v) is 3.98. The Morgan fingerprint density at radius 2 is 2.14 bits per heavy atom. The molecule has 0 aliphatic carbocycles. The fraction of sp³-hybridized carbons (Fsp3) is 0.400. The van der Waals surface area contributed by atoms with E-state index in [1.807, 2.05) is 0 Å². The van der Waals surface area contributed by atoms with Crippen molar-refractivity contribution in [3.8, 4) is 5.75 Å². The molecule has 2 rings (SSSR count). The minimum Gasteiger partial charge on any atom is -0.569 e. The first kappa shape index (κ1) is 22.8. The molecule has 1 aromatic rings. The quantitative estimate of drug-likeness (QED) is 0.167. The van der Waals surface area contributed by atoms with Crippen molar-refractivity contribution in [3.05, 3.63) is 38.5 Å². The average Bonchev–Trinajstić information content (AvgIpc) is 2.63. The maximum atomic E-state index is 13.3. The van der Waals surface area contributed by atoms with E-state index in [4.69, 9.17) is 33.0 Å². The minimum atomic E-state index is -4.95. The second-order valence-electron chi connectivity index (χ2n) is 5.56. The molecule has 1 N–H and O–H groups in total. The summed E-state index contributed by atoms with van der Waals surface area (Å²) in [4.78, 5) is 16.5. The summed E-state index contributed by atoms with van der Waals surface area (Å²) in [6.07, 6.45) is -6.69. The number of nitrogens with zero attached hydrogens (tertiary/aromatic N) is 3. The number of carbonyl (C=O) groups excluding carboxylic acids is 1. The van der Waals surface area contributed by atoms with Crippen LogP contribution in [0.3, 0.4) is 0 Å². The Morgan fingerprint density at radius 1 is 1.45 bits per heavy atom. The van der Waals surface area contributed by atoms with E-state index in [9.17, 15) is 23.2 Å². The van der Waals surface area contributed by atoms with Gasteiger partial charge in [0.15, 0.2) is 0 Å². The third kappa shape index (κ3) is 5.78. The smallest absolute Gasteiger partial charge is 0.430 e. The molecule has 0 fully saturated rings. The van der Waals surface area contributed by atoms with Crippen LogP contribution in [-0.2, 0) is 14.4 Å². The number of aliphatic hydroxyl groups is 1. The largest absolute Gasteiger partial charge is 0.569 e. The molecule has 0 bridgehead atoms. The molecule has 0 saturated carbocycles. The number of ether oxygens (including phenoxy) is 2. The van der Waals surface area contributed by atoms with Crippen molar-refractivity contribution in [1.29, 1.82) is 0 Å². The SMILES string of the molecule is CN(CCO)[N+]([O-])=NOCOC(=O)C1=Cc2cc(Cl)cc(Cl)c2O[C@@H]1C(F)(F)F. The van der Waals surface area contributed by atoms with Crippen molar-refractivity contribution in [1.82, 2.24) is 5.01 Å². The number of esters is 1. The number of alkyl halides is 3. The molecule has 1 heterocycles. The summed E-state index contributed by atoms with van der Waals surface area (Å²) in [5.74, 6) is -1.69. The van der Waals surface area contributed by atoms with E-state index in [0.717, 1.165) is 11.1 Å². The molecule has 0 radical (unpaired) electrons. The highest BCUT2D eigenvalue weighted by atomic mass is 35.5. The lowest BCUT2D eigenvalue weighted by Gasteiger charge is -2.28. The van der Waals surface area contributed by atoms with Crippen molar-refractivity contribution >= 4 is 35.2 Å². The Balaban J connectivity index is 2.15. The second kappa shape index (κ2) is 9.37. The van der Waals surface area contributed by atoms with Crippen LogP contribution in [0.15, 0.2) is 23.0 Å². The van der Waals surface area contributed by atoms with Gasteiger partial charge in [0.1, 0.15) is 5.75 Å². The van der Waals surface area contributed by atoms with Crippen LogP contribution in [0.4, 0.5) is 13.2 Å². The highest BCUT2D eigenvalue weighted by molar-refractivity contribution is 6.36. The van der Waals surface area contributed by atoms with E-state index in [2.05, 4.69) is 14.9 Å². The maximum absolute atomic E-state index is 13.3. The topological polar surface area (TPSA) is 107 Å². The standard InChI is InChI=1S/C15H14Cl2F3N3O6/c1-22(2-3-24)23(26)21-28-7-27-14(25)10-5-8-4-9(16)6-11(17)12(8)29-13(10)15(18,19)20/h4-6,13,24H,2-3,7H2,1H3/t13-/m0/s1. The number of benzene rings is 1. The number of halogens is 5. The van der Waals surface area contributed by atoms with Crippen molar-refractivity contribution in [2.24, 2.45) is 5.28 Å². The summed E-state index contributed by atoms with van der Waals surface area (Å²) in [5, 5.41) is 23.9. The summed E-state index contributed by atoms with van der Waals surface area (Å²) in [7, 11) is 1.29. The second-order valence-corrected chi connectivity index (χ2v) is 6.41. The van der Waals surface area contributed by atoms with Gasteiger partial charge in [0.25, 0.3) is 6.79 Å². The van der Waals surface area contributed by atoms with Gasteiger partial charge in [0, 0.05) is 10.6 Å². The number of aliphatic hydroxyl groups excluding tert-OH is 1. The van der Waals surface area contributed by atoms with Crippen LogP contribution in [0.5, 0.6) is 5.75 Å². The molecule has 1 atom stereocenters. The van der Waals surface area contributed by atoms with Crippen LogP contribution in [0, 0.1) is 5.21 Å². The number of fused-ring (bicyclic) bond motifs is 1. The van der Waals surface area contributed by atoms with Gasteiger partial charge in [-0.3, -0.25) is 0 Å². The maximum Gasteiger partial charge on any atom is 0.430 e. The minimum absolute atomic E-state index is 0.0498. The van der Waals surface area contributed by atoms with Crippen LogP contribution in [0.25, 0.3) is 6.08 Å². The summed E-state index contributed by atoms with van der Waals surface area (Å²) in [6.45, 7) is -1.34. The van der Waals surface area contributed by atoms with E-state index >= 15 is 0 Å². The van der Waals surface area contributed by atoms with Gasteiger partial charge in [-0.1, -0.05) is 23.2 Å². The van der Waals surface area contributed by atoms with Crippen molar-refractivity contribution in [3.63, 3.8) is 0 Å². The summed E-state index contributed by atoms with van der Waals surface area (Å²) in [6, 6.07) is 2.46. The number of hydrogen-bond acceptors (Lipinski definition) is 7. The van der Waals surface area contributed by atoms with Gasteiger partial charge in [-0.25, -0.2) is 4.79 Å². The zero-order valence-electron chi connectivity index (χ0n) is 14.7. The Hall–Kier alpha value is -2.44. The zero-order valence-corrected chi connectivity index (χ0v) is 16.2. The van der Waals surface area contributed by atoms with Gasteiger partial charge in [-0.15, -0.1) is 5.01 Å². The predicted molar refractivity (Wildman–Crippen MR) is 92.7 cm³/mol. The molecule has 1 aliphatic heterocycles. The lowest BCUT2D eigenvalue weighted by atomic mass is 10.0. The monoisotopic (exact) mass is 459 g/mol. The van der Waals surface area contributed by atoms with E-state index in [-0.39, 0.29) is 39.5 Å². The molecule has 9 nitrogen and oxygen atoms in total. The van der Waals surface area contributed by atoms with Crippen LogP contribution in [0.1, 0.15) is 5.56 Å². The molecule has 0 spiro atoms. The lowest BCUT2D eigenvalue weighted by Crippen LogP contribution is -2.41. The normalized spacial score (nSPS) is 16.4. The van der Waals surface area contributed by atoms with Gasteiger partial charge in [0.05, 0.1) is 35.8 Å². The lowest BCUT2D eigenvalue weighted by molar-refractivity contribution is -0.706. The first-order valence-electron chi connectivity index (χ1n) is 7.77. The van der Waals surface area contributed by atoms with Crippen molar-refractivity contribution in [2.45, 2.75) is 12.3 Å². The highest BCUT2D eigenvalue weighted by Gasteiger charge is 2.49. The molecular weight excluding hydrogens is 446 g/mol. The van der Waals surface area contributed by atoms with Crippen LogP contribution in [-0.4, -0.2) is 60.3 Å². The van der Waals surface area contributed by atoms with Gasteiger partial charge in [0.2, 0.25) is 11.4 Å². The number of hydrazine groups is 1. The number of rotatable bonds is 7. The number of carbonyl (C=O) groups is 1. The van der Waals surface area contributed by atoms with Gasteiger partial charge in [-0.2, -0.15) is 13.2 Å². The molecule has 0 aromatic heterocycles. The first-order valence-corrected chi connectivity index (χ1v) is 8.53. The number of hydrogen-bond donors (Lipinski definition) is 1. The van der Waals surface area contributed by atoms with E-state index in [1.165, 1.54) is 19.2 Å². The van der Waals surface area contributed by atoms with E-state index < -0.39 is 30.6 Å². The molecule has 1 aromatic carbocycles. The van der Waals surface area contributed by atoms with Crippen molar-refractivity contribution < 1.29 is 42.4 Å². The van der Waals surface area contributed by atoms with Crippen LogP contribution >= 0.6 is 23.2 Å². The predicted octanol–water partition coefficient (Wildman–Crippen LogP) is 2.93. The fourth-order valence-electron chi connectivity index (χ4n) is 2.17. The summed E-state index contributed by atoms with van der Waals surface area (Å²) < 4.78 is 49.5. The summed E-state index contributed by atoms with van der Waals surface area (Å²) >= 11 is 11.7. The van der Waals surface area contributed by atoms with Gasteiger partial charge >= 0.3 is 12.1 Å². The first-order chi connectivity index (χ1) is 13.5.